The van der Waals surface area contributed by atoms with Crippen LogP contribution in [0.1, 0.15) is 13.3 Å². The van der Waals surface area contributed by atoms with Gasteiger partial charge in [-0.25, -0.2) is 0 Å². The van der Waals surface area contributed by atoms with Gasteiger partial charge in [0, 0.05) is 44.7 Å². The minimum Gasteiger partial charge on any atom is -0.354 e. The number of likely N-dealkylation sites (N-methyl/N-ethyl adjacent to an activating group) is 2. The van der Waals surface area contributed by atoms with Crippen LogP contribution < -0.4 is 11.1 Å². The van der Waals surface area contributed by atoms with Crippen molar-refractivity contribution in [2.75, 3.05) is 46.8 Å². The van der Waals surface area contributed by atoms with Crippen LogP contribution in [-0.4, -0.2) is 68.6 Å². The maximum absolute atomic E-state index is 11.8. The fraction of sp³-hybridized carbons (Fsp3) is 0.917. The van der Waals surface area contributed by atoms with Crippen molar-refractivity contribution in [3.63, 3.8) is 0 Å². The number of hydrogen-bond donors (Lipinski definition) is 2. The molecule has 0 aliphatic carbocycles. The Morgan fingerprint density at radius 2 is 2.18 bits per heavy atom. The van der Waals surface area contributed by atoms with E-state index in [0.29, 0.717) is 12.6 Å². The summed E-state index contributed by atoms with van der Waals surface area (Å²) in [6.07, 6.45) is 0.808. The number of nitrogens with one attached hydrogen (secondary N) is 1. The molecule has 2 unspecified atom stereocenters. The van der Waals surface area contributed by atoms with Gasteiger partial charge in [-0.2, -0.15) is 0 Å². The highest BCUT2D eigenvalue weighted by Crippen LogP contribution is 2.05. The normalized spacial score (nSPS) is 24.6. The molecule has 1 amide bonds. The van der Waals surface area contributed by atoms with Gasteiger partial charge in [-0.3, -0.25) is 9.69 Å². The molecule has 5 nitrogen and oxygen atoms in total. The van der Waals surface area contributed by atoms with E-state index < -0.39 is 0 Å². The molecule has 1 fully saturated rings. The van der Waals surface area contributed by atoms with E-state index in [0.717, 1.165) is 32.6 Å². The van der Waals surface area contributed by atoms with Crippen molar-refractivity contribution in [1.82, 2.24) is 15.1 Å². The van der Waals surface area contributed by atoms with Crippen molar-refractivity contribution in [2.45, 2.75) is 19.4 Å². The Balaban J connectivity index is 2.36. The molecule has 0 aromatic carbocycles. The molecule has 1 aliphatic heterocycles. The monoisotopic (exact) mass is 242 g/mol. The molecule has 1 heterocycles. The Hall–Kier alpha value is -0.650. The smallest absolute Gasteiger partial charge is 0.224 e. The van der Waals surface area contributed by atoms with Crippen LogP contribution in [0.4, 0.5) is 0 Å². The van der Waals surface area contributed by atoms with E-state index in [4.69, 9.17) is 5.73 Å². The fourth-order valence-electron chi connectivity index (χ4n) is 2.14. The summed E-state index contributed by atoms with van der Waals surface area (Å²) in [6, 6.07) is 0.410. The molecular weight excluding hydrogens is 216 g/mol. The first kappa shape index (κ1) is 14.4. The lowest BCUT2D eigenvalue weighted by molar-refractivity contribution is -0.125. The van der Waals surface area contributed by atoms with Gasteiger partial charge in [0.15, 0.2) is 0 Å². The van der Waals surface area contributed by atoms with E-state index in [-0.39, 0.29) is 11.8 Å². The van der Waals surface area contributed by atoms with Gasteiger partial charge in [-0.1, -0.05) is 6.92 Å². The number of carbonyl (C=O) groups excluding carboxylic acids is 1. The van der Waals surface area contributed by atoms with Crippen LogP contribution in [0, 0.1) is 5.92 Å². The van der Waals surface area contributed by atoms with Gasteiger partial charge >= 0.3 is 0 Å². The van der Waals surface area contributed by atoms with Gasteiger partial charge in [0.2, 0.25) is 5.91 Å². The Kier molecular flexibility index (Phi) is 5.88. The highest BCUT2D eigenvalue weighted by molar-refractivity contribution is 5.78. The maximum Gasteiger partial charge on any atom is 0.224 e. The molecule has 3 N–H and O–H groups in total. The molecule has 5 heteroatoms. The number of nitrogens with two attached hydrogens (primary N) is 1. The van der Waals surface area contributed by atoms with Gasteiger partial charge in [0.1, 0.15) is 0 Å². The zero-order valence-electron chi connectivity index (χ0n) is 11.3. The molecule has 2 atom stereocenters. The van der Waals surface area contributed by atoms with E-state index >= 15 is 0 Å². The summed E-state index contributed by atoms with van der Waals surface area (Å²) >= 11 is 0. The summed E-state index contributed by atoms with van der Waals surface area (Å²) in [5.74, 6) is 0.0539. The second kappa shape index (κ2) is 6.93. The standard InChI is InChI=1S/C12H26N4O/c1-4-10(7-13)12(17)14-8-11-9-15(2)5-6-16(11)3/h10-11H,4-9,13H2,1-3H3,(H,14,17). The Morgan fingerprint density at radius 3 is 2.76 bits per heavy atom. The molecule has 17 heavy (non-hydrogen) atoms. The molecular formula is C12H26N4O. The van der Waals surface area contributed by atoms with E-state index in [2.05, 4.69) is 29.2 Å². The first-order valence-corrected chi connectivity index (χ1v) is 6.45. The van der Waals surface area contributed by atoms with E-state index in [9.17, 15) is 4.79 Å². The van der Waals surface area contributed by atoms with Gasteiger partial charge in [0.25, 0.3) is 0 Å². The molecule has 1 saturated heterocycles. The zero-order valence-corrected chi connectivity index (χ0v) is 11.3. The molecule has 0 radical (unpaired) electrons. The zero-order chi connectivity index (χ0) is 12.8. The third-order valence-electron chi connectivity index (χ3n) is 3.64. The van der Waals surface area contributed by atoms with Gasteiger partial charge in [-0.05, 0) is 20.5 Å². The Bertz CT molecular complexity index is 243. The van der Waals surface area contributed by atoms with Crippen LogP contribution in [0.2, 0.25) is 0 Å². The summed E-state index contributed by atoms with van der Waals surface area (Å²) in [7, 11) is 4.24. The third kappa shape index (κ3) is 4.26. The molecule has 0 aromatic heterocycles. The van der Waals surface area contributed by atoms with Crippen LogP contribution in [0.5, 0.6) is 0 Å². The van der Waals surface area contributed by atoms with Crippen molar-refractivity contribution < 1.29 is 4.79 Å². The Labute approximate surface area is 104 Å². The van der Waals surface area contributed by atoms with Crippen LogP contribution in [-0.2, 0) is 4.79 Å². The van der Waals surface area contributed by atoms with Crippen molar-refractivity contribution in [3.05, 3.63) is 0 Å². The van der Waals surface area contributed by atoms with Crippen molar-refractivity contribution in [1.29, 1.82) is 0 Å². The van der Waals surface area contributed by atoms with Crippen LogP contribution >= 0.6 is 0 Å². The SMILES string of the molecule is CCC(CN)C(=O)NCC1CN(C)CCN1C. The van der Waals surface area contributed by atoms with Crippen molar-refractivity contribution in [2.24, 2.45) is 11.7 Å². The summed E-state index contributed by atoms with van der Waals surface area (Å²) in [4.78, 5) is 16.4. The lowest BCUT2D eigenvalue weighted by Gasteiger charge is -2.37. The third-order valence-corrected chi connectivity index (χ3v) is 3.64. The van der Waals surface area contributed by atoms with Crippen molar-refractivity contribution in [3.8, 4) is 0 Å². The van der Waals surface area contributed by atoms with E-state index in [1.54, 1.807) is 0 Å². The number of piperazine rings is 1. The fourth-order valence-corrected chi connectivity index (χ4v) is 2.14. The molecule has 1 rings (SSSR count). The largest absolute Gasteiger partial charge is 0.354 e. The van der Waals surface area contributed by atoms with Gasteiger partial charge in [0.05, 0.1) is 0 Å². The molecule has 1 aliphatic rings. The van der Waals surface area contributed by atoms with Gasteiger partial charge < -0.3 is 16.0 Å². The molecule has 0 saturated carbocycles. The first-order chi connectivity index (χ1) is 8.08. The number of carbonyl (C=O) groups is 1. The highest BCUT2D eigenvalue weighted by Gasteiger charge is 2.23. The lowest BCUT2D eigenvalue weighted by atomic mass is 10.1. The van der Waals surface area contributed by atoms with Crippen molar-refractivity contribution >= 4 is 5.91 Å². The minimum absolute atomic E-state index is 0.0402. The minimum atomic E-state index is -0.0402. The van der Waals surface area contributed by atoms with E-state index in [1.165, 1.54) is 0 Å². The summed E-state index contributed by atoms with van der Waals surface area (Å²) in [6.45, 7) is 6.32. The summed E-state index contributed by atoms with van der Waals surface area (Å²) in [5.41, 5.74) is 5.56. The average Bonchev–Trinajstić information content (AvgIpc) is 2.32. The predicted octanol–water partition coefficient (Wildman–Crippen LogP) is -0.667. The number of rotatable bonds is 5. The predicted molar refractivity (Wildman–Crippen MR) is 69.8 cm³/mol. The average molecular weight is 242 g/mol. The summed E-state index contributed by atoms with van der Waals surface area (Å²) in [5, 5.41) is 3.02. The lowest BCUT2D eigenvalue weighted by Crippen LogP contribution is -2.55. The maximum atomic E-state index is 11.8. The quantitative estimate of drug-likeness (QED) is 0.671. The van der Waals surface area contributed by atoms with Crippen LogP contribution in [0.15, 0.2) is 0 Å². The molecule has 0 aromatic rings. The topological polar surface area (TPSA) is 61.6 Å². The Morgan fingerprint density at radius 1 is 1.47 bits per heavy atom. The number of hydrogen-bond acceptors (Lipinski definition) is 4. The number of nitrogens with zero attached hydrogens (tertiary/aromatic N) is 2. The summed E-state index contributed by atoms with van der Waals surface area (Å²) < 4.78 is 0. The molecule has 0 spiro atoms. The second-order valence-corrected chi connectivity index (χ2v) is 4.98. The first-order valence-electron chi connectivity index (χ1n) is 6.45. The van der Waals surface area contributed by atoms with Gasteiger partial charge in [-0.15, -0.1) is 0 Å². The van der Waals surface area contributed by atoms with Crippen LogP contribution in [0.3, 0.4) is 0 Å². The van der Waals surface area contributed by atoms with E-state index in [1.807, 2.05) is 6.92 Å². The number of amides is 1. The second-order valence-electron chi connectivity index (χ2n) is 4.98. The highest BCUT2D eigenvalue weighted by atomic mass is 16.1. The van der Waals surface area contributed by atoms with Crippen LogP contribution in [0.25, 0.3) is 0 Å². The molecule has 0 bridgehead atoms. The molecule has 100 valence electrons.